The van der Waals surface area contributed by atoms with Crippen molar-refractivity contribution in [1.82, 2.24) is 4.90 Å². The van der Waals surface area contributed by atoms with E-state index in [2.05, 4.69) is 0 Å². The maximum Gasteiger partial charge on any atom is 0.416 e. The van der Waals surface area contributed by atoms with Gasteiger partial charge in [0.1, 0.15) is 0 Å². The summed E-state index contributed by atoms with van der Waals surface area (Å²) < 4.78 is 44.2. The number of ether oxygens (including phenoxy) is 1. The summed E-state index contributed by atoms with van der Waals surface area (Å²) in [6.07, 6.45) is -4.53. The number of nitrogens with zero attached hydrogens (tertiary/aromatic N) is 1. The van der Waals surface area contributed by atoms with E-state index in [1.807, 2.05) is 6.92 Å². The molecule has 24 heavy (non-hydrogen) atoms. The number of β-amino-alcohol motifs (C(OH)–C–C–N with tert-alkyl or cyclic N) is 1. The highest BCUT2D eigenvalue weighted by Crippen LogP contribution is 2.38. The number of amides is 1. The average molecular weight is 343 g/mol. The summed E-state index contributed by atoms with van der Waals surface area (Å²) in [7, 11) is 0. The molecule has 2 saturated heterocycles. The highest BCUT2D eigenvalue weighted by atomic mass is 19.4. The fourth-order valence-corrected chi connectivity index (χ4v) is 3.56. The zero-order valence-electron chi connectivity index (χ0n) is 13.3. The molecule has 2 fully saturated rings. The first-order chi connectivity index (χ1) is 11.3. The standard InChI is InChI=1S/C17H20F3NO3/c1-10-14(5-6-24-10)16(23)21-9-13(22)8-15(21)11-3-2-4-12(7-11)17(18,19)20/h2-4,7,10,13-15,22H,5-6,8-9H2,1H3. The van der Waals surface area contributed by atoms with Crippen molar-refractivity contribution in [3.63, 3.8) is 0 Å². The predicted molar refractivity (Wildman–Crippen MR) is 80.0 cm³/mol. The normalized spacial score (nSPS) is 30.8. The smallest absolute Gasteiger partial charge is 0.391 e. The van der Waals surface area contributed by atoms with Crippen LogP contribution in [0.4, 0.5) is 13.2 Å². The predicted octanol–water partition coefficient (Wildman–Crippen LogP) is 2.76. The third-order valence-corrected chi connectivity index (χ3v) is 4.85. The Bertz CT molecular complexity index is 619. The Morgan fingerprint density at radius 1 is 1.38 bits per heavy atom. The molecule has 0 aromatic heterocycles. The van der Waals surface area contributed by atoms with Gasteiger partial charge >= 0.3 is 6.18 Å². The molecule has 1 amide bonds. The number of alkyl halides is 3. The molecule has 4 unspecified atom stereocenters. The number of likely N-dealkylation sites (tertiary alicyclic amines) is 1. The van der Waals surface area contributed by atoms with Crippen molar-refractivity contribution in [3.05, 3.63) is 35.4 Å². The van der Waals surface area contributed by atoms with Crippen molar-refractivity contribution < 1.29 is 27.8 Å². The number of rotatable bonds is 2. The molecule has 3 rings (SSSR count). The quantitative estimate of drug-likeness (QED) is 0.898. The number of aliphatic hydroxyl groups excluding tert-OH is 1. The van der Waals surface area contributed by atoms with Crippen LogP contribution in [0.15, 0.2) is 24.3 Å². The van der Waals surface area contributed by atoms with Crippen molar-refractivity contribution in [1.29, 1.82) is 0 Å². The largest absolute Gasteiger partial charge is 0.416 e. The van der Waals surface area contributed by atoms with Gasteiger partial charge in [-0.2, -0.15) is 13.2 Å². The number of benzene rings is 1. The van der Waals surface area contributed by atoms with Crippen LogP contribution in [-0.4, -0.2) is 41.3 Å². The van der Waals surface area contributed by atoms with E-state index in [-0.39, 0.29) is 30.9 Å². The molecule has 0 aliphatic carbocycles. The van der Waals surface area contributed by atoms with Crippen LogP contribution in [0.25, 0.3) is 0 Å². The third kappa shape index (κ3) is 3.28. The minimum atomic E-state index is -4.43. The first-order valence-electron chi connectivity index (χ1n) is 8.04. The molecule has 4 atom stereocenters. The zero-order chi connectivity index (χ0) is 17.5. The van der Waals surface area contributed by atoms with E-state index in [0.29, 0.717) is 18.6 Å². The summed E-state index contributed by atoms with van der Waals surface area (Å²) in [5.74, 6) is -0.456. The van der Waals surface area contributed by atoms with Crippen molar-refractivity contribution in [2.24, 2.45) is 5.92 Å². The highest BCUT2D eigenvalue weighted by Gasteiger charge is 2.42. The maximum atomic E-state index is 12.9. The molecule has 0 spiro atoms. The number of hydrogen-bond donors (Lipinski definition) is 1. The Balaban J connectivity index is 1.87. The van der Waals surface area contributed by atoms with Crippen LogP contribution in [0.5, 0.6) is 0 Å². The number of carbonyl (C=O) groups is 1. The van der Waals surface area contributed by atoms with Crippen LogP contribution in [0.1, 0.15) is 36.9 Å². The lowest BCUT2D eigenvalue weighted by atomic mass is 9.97. The number of carbonyl (C=O) groups excluding carboxylic acids is 1. The number of hydrogen-bond acceptors (Lipinski definition) is 3. The first kappa shape index (κ1) is 17.2. The zero-order valence-corrected chi connectivity index (χ0v) is 13.3. The van der Waals surface area contributed by atoms with Crippen molar-refractivity contribution in [2.45, 2.75) is 44.2 Å². The van der Waals surface area contributed by atoms with Gasteiger partial charge in [-0.05, 0) is 37.5 Å². The average Bonchev–Trinajstić information content (AvgIpc) is 3.12. The molecule has 0 radical (unpaired) electrons. The van der Waals surface area contributed by atoms with E-state index < -0.39 is 23.9 Å². The van der Waals surface area contributed by atoms with E-state index in [1.165, 1.54) is 11.0 Å². The SMILES string of the molecule is CC1OCCC1C(=O)N1CC(O)CC1c1cccc(C(F)(F)F)c1. The van der Waals surface area contributed by atoms with Crippen LogP contribution in [0.2, 0.25) is 0 Å². The molecule has 2 heterocycles. The molecule has 0 saturated carbocycles. The fraction of sp³-hybridized carbons (Fsp3) is 0.588. The van der Waals surface area contributed by atoms with E-state index in [9.17, 15) is 23.1 Å². The highest BCUT2D eigenvalue weighted by molar-refractivity contribution is 5.80. The van der Waals surface area contributed by atoms with E-state index in [4.69, 9.17) is 4.74 Å². The lowest BCUT2D eigenvalue weighted by Crippen LogP contribution is -2.39. The van der Waals surface area contributed by atoms with E-state index in [0.717, 1.165) is 12.1 Å². The summed E-state index contributed by atoms with van der Waals surface area (Å²) in [6.45, 7) is 2.46. The molecule has 0 bridgehead atoms. The Labute approximate surface area is 138 Å². The molecule has 1 aromatic rings. The Hall–Kier alpha value is -1.60. The third-order valence-electron chi connectivity index (χ3n) is 4.85. The van der Waals surface area contributed by atoms with Crippen LogP contribution in [0, 0.1) is 5.92 Å². The Kier molecular flexibility index (Phi) is 4.57. The molecule has 1 N–H and O–H groups in total. The minimum Gasteiger partial charge on any atom is -0.391 e. The van der Waals surface area contributed by atoms with Gasteiger partial charge in [-0.1, -0.05) is 12.1 Å². The topological polar surface area (TPSA) is 49.8 Å². The first-order valence-corrected chi connectivity index (χ1v) is 8.04. The molecule has 1 aromatic carbocycles. The van der Waals surface area contributed by atoms with Gasteiger partial charge < -0.3 is 14.7 Å². The second kappa shape index (κ2) is 6.37. The molecule has 4 nitrogen and oxygen atoms in total. The lowest BCUT2D eigenvalue weighted by molar-refractivity contribution is -0.138. The number of halogens is 3. The van der Waals surface area contributed by atoms with Crippen LogP contribution in [0.3, 0.4) is 0 Å². The summed E-state index contributed by atoms with van der Waals surface area (Å²) >= 11 is 0. The molecular formula is C17H20F3NO3. The van der Waals surface area contributed by atoms with Crippen LogP contribution >= 0.6 is 0 Å². The van der Waals surface area contributed by atoms with Gasteiger partial charge in [0.25, 0.3) is 0 Å². The van der Waals surface area contributed by atoms with Crippen molar-refractivity contribution in [3.8, 4) is 0 Å². The van der Waals surface area contributed by atoms with Crippen LogP contribution in [-0.2, 0) is 15.7 Å². The van der Waals surface area contributed by atoms with Crippen LogP contribution < -0.4 is 0 Å². The summed E-state index contributed by atoms with van der Waals surface area (Å²) in [5, 5.41) is 9.97. The van der Waals surface area contributed by atoms with E-state index >= 15 is 0 Å². The maximum absolute atomic E-state index is 12.9. The van der Waals surface area contributed by atoms with Gasteiger partial charge in [0.2, 0.25) is 5.91 Å². The minimum absolute atomic E-state index is 0.142. The second-order valence-corrected chi connectivity index (χ2v) is 6.49. The van der Waals surface area contributed by atoms with Crippen molar-refractivity contribution in [2.75, 3.05) is 13.2 Å². The Morgan fingerprint density at radius 2 is 2.12 bits per heavy atom. The summed E-state index contributed by atoms with van der Waals surface area (Å²) in [4.78, 5) is 14.3. The van der Waals surface area contributed by atoms with Gasteiger partial charge in [-0.15, -0.1) is 0 Å². The van der Waals surface area contributed by atoms with Gasteiger partial charge in [0.15, 0.2) is 0 Å². The monoisotopic (exact) mass is 343 g/mol. The molecule has 2 aliphatic rings. The Morgan fingerprint density at radius 3 is 2.75 bits per heavy atom. The van der Waals surface area contributed by atoms with Crippen molar-refractivity contribution >= 4 is 5.91 Å². The molecule has 132 valence electrons. The molecule has 2 aliphatic heterocycles. The lowest BCUT2D eigenvalue weighted by Gasteiger charge is -2.28. The van der Waals surface area contributed by atoms with Gasteiger partial charge in [-0.3, -0.25) is 4.79 Å². The summed E-state index contributed by atoms with van der Waals surface area (Å²) in [6, 6.07) is 4.45. The fourth-order valence-electron chi connectivity index (χ4n) is 3.56. The van der Waals surface area contributed by atoms with Gasteiger partial charge in [-0.25, -0.2) is 0 Å². The molecule has 7 heteroatoms. The van der Waals surface area contributed by atoms with E-state index in [1.54, 1.807) is 6.07 Å². The summed E-state index contributed by atoms with van der Waals surface area (Å²) in [5.41, 5.74) is -0.340. The number of aliphatic hydroxyl groups is 1. The van der Waals surface area contributed by atoms with Gasteiger partial charge in [0.05, 0.1) is 29.7 Å². The van der Waals surface area contributed by atoms with Gasteiger partial charge in [0, 0.05) is 13.2 Å². The molecular weight excluding hydrogens is 323 g/mol. The second-order valence-electron chi connectivity index (χ2n) is 6.49.